The van der Waals surface area contributed by atoms with Crippen molar-refractivity contribution in [2.75, 3.05) is 25.1 Å². The van der Waals surface area contributed by atoms with Gasteiger partial charge in [-0.05, 0) is 41.8 Å². The van der Waals surface area contributed by atoms with Gasteiger partial charge in [-0.1, -0.05) is 70.0 Å². The molecule has 1 fully saturated rings. The van der Waals surface area contributed by atoms with Crippen molar-refractivity contribution < 1.29 is 33.0 Å². The molecule has 5 atom stereocenters. The molecule has 5 rings (SSSR count). The number of hydrogen-bond acceptors (Lipinski definition) is 11. The first-order valence-electron chi connectivity index (χ1n) is 15.6. The summed E-state index contributed by atoms with van der Waals surface area (Å²) in [4.78, 5) is 25.9. The highest BCUT2D eigenvalue weighted by Gasteiger charge is 2.45. The van der Waals surface area contributed by atoms with Crippen LogP contribution in [0.3, 0.4) is 0 Å². The molecule has 248 valence electrons. The van der Waals surface area contributed by atoms with E-state index in [1.54, 1.807) is 10.6 Å². The number of anilines is 1. The lowest BCUT2D eigenvalue weighted by atomic mass is 9.99. The standard InChI is InChI=1S/C32H41ClN5O7P/c1-4-5-8-14-42-31(40)22(15-20(2)3)18-46(41,44-24-13-9-11-21-10-6-7-12-23(21)24)45-25-16-27(43-26(25)17-39)38-19-35-28-29(34)36-32(33)37-30(28)38/h6-7,9-13,19-20,22,25-27,39H,4-5,8,14-18H2,1-3H3,(H2,34,36,37)/t22-,25?,26-,27-,46?/m1/s1. The average Bonchev–Trinajstić information content (AvgIpc) is 3.62. The van der Waals surface area contributed by atoms with Gasteiger partial charge in [0, 0.05) is 11.8 Å². The molecule has 0 spiro atoms. The van der Waals surface area contributed by atoms with E-state index in [4.69, 9.17) is 35.9 Å². The van der Waals surface area contributed by atoms with E-state index in [0.29, 0.717) is 23.3 Å². The average molecular weight is 674 g/mol. The summed E-state index contributed by atoms with van der Waals surface area (Å²) in [5.74, 6) is -0.594. The topological polar surface area (TPSA) is 161 Å². The van der Waals surface area contributed by atoms with Gasteiger partial charge < -0.3 is 24.8 Å². The molecule has 2 aromatic heterocycles. The molecule has 4 aromatic rings. The maximum Gasteiger partial charge on any atom is 0.380 e. The quantitative estimate of drug-likeness (QED) is 0.0609. The van der Waals surface area contributed by atoms with E-state index in [1.165, 1.54) is 6.33 Å². The van der Waals surface area contributed by atoms with Gasteiger partial charge in [-0.25, -0.2) is 9.55 Å². The lowest BCUT2D eigenvalue weighted by Crippen LogP contribution is -2.30. The predicted molar refractivity (Wildman–Crippen MR) is 176 cm³/mol. The van der Waals surface area contributed by atoms with E-state index < -0.39 is 44.5 Å². The van der Waals surface area contributed by atoms with Crippen LogP contribution in [0.5, 0.6) is 5.75 Å². The minimum absolute atomic E-state index is 0.0537. The monoisotopic (exact) mass is 673 g/mol. The van der Waals surface area contributed by atoms with Crippen molar-refractivity contribution in [3.63, 3.8) is 0 Å². The fourth-order valence-electron chi connectivity index (χ4n) is 5.73. The Balaban J connectivity index is 1.46. The van der Waals surface area contributed by atoms with E-state index in [0.717, 1.165) is 30.0 Å². The highest BCUT2D eigenvalue weighted by atomic mass is 35.5. The maximum atomic E-state index is 14.9. The third-order valence-electron chi connectivity index (χ3n) is 7.90. The molecule has 1 aliphatic heterocycles. The van der Waals surface area contributed by atoms with Gasteiger partial charge in [0.05, 0.1) is 31.6 Å². The number of benzene rings is 2. The Bertz CT molecular complexity index is 1700. The van der Waals surface area contributed by atoms with Crippen LogP contribution in [-0.4, -0.2) is 62.2 Å². The zero-order valence-electron chi connectivity index (χ0n) is 26.3. The maximum absolute atomic E-state index is 14.9. The number of carbonyl (C=O) groups is 1. The number of esters is 1. The molecule has 14 heteroatoms. The van der Waals surface area contributed by atoms with Crippen molar-refractivity contribution >= 4 is 52.9 Å². The highest BCUT2D eigenvalue weighted by molar-refractivity contribution is 7.54. The normalized spacial score (nSPS) is 20.3. The minimum atomic E-state index is -4.11. The Kier molecular flexibility index (Phi) is 11.2. The van der Waals surface area contributed by atoms with E-state index in [9.17, 15) is 14.5 Å². The van der Waals surface area contributed by atoms with Crippen molar-refractivity contribution in [1.82, 2.24) is 19.5 Å². The Morgan fingerprint density at radius 1 is 1.20 bits per heavy atom. The first-order chi connectivity index (χ1) is 22.1. The van der Waals surface area contributed by atoms with Crippen LogP contribution in [0.2, 0.25) is 5.28 Å². The Labute approximate surface area is 273 Å². The molecule has 0 amide bonds. The Hall–Kier alpha value is -3.28. The minimum Gasteiger partial charge on any atom is -0.465 e. The molecule has 1 aliphatic rings. The third-order valence-corrected chi connectivity index (χ3v) is 10.0. The summed E-state index contributed by atoms with van der Waals surface area (Å²) >= 11 is 6.07. The van der Waals surface area contributed by atoms with Crippen LogP contribution in [0, 0.1) is 11.8 Å². The summed E-state index contributed by atoms with van der Waals surface area (Å²) in [6.07, 6.45) is 2.10. The molecule has 2 unspecified atom stereocenters. The van der Waals surface area contributed by atoms with Crippen molar-refractivity contribution in [3.8, 4) is 5.75 Å². The number of fused-ring (bicyclic) bond motifs is 2. The van der Waals surface area contributed by atoms with Crippen LogP contribution in [-0.2, 0) is 23.4 Å². The fraction of sp³-hybridized carbons (Fsp3) is 0.500. The number of nitrogens with zero attached hydrogens (tertiary/aromatic N) is 4. The zero-order chi connectivity index (χ0) is 32.8. The van der Waals surface area contributed by atoms with Crippen molar-refractivity contribution in [2.24, 2.45) is 11.8 Å². The summed E-state index contributed by atoms with van der Waals surface area (Å²) in [7, 11) is -4.11. The third kappa shape index (κ3) is 7.98. The smallest absolute Gasteiger partial charge is 0.380 e. The molecule has 0 aliphatic carbocycles. The molecular weight excluding hydrogens is 633 g/mol. The number of rotatable bonds is 15. The number of nitrogen functional groups attached to an aromatic ring is 1. The van der Waals surface area contributed by atoms with Gasteiger partial charge in [0.2, 0.25) is 5.28 Å². The fourth-order valence-corrected chi connectivity index (χ4v) is 8.03. The summed E-state index contributed by atoms with van der Waals surface area (Å²) < 4.78 is 41.0. The van der Waals surface area contributed by atoms with Crippen molar-refractivity contribution in [1.29, 1.82) is 0 Å². The lowest BCUT2D eigenvalue weighted by Gasteiger charge is -2.28. The van der Waals surface area contributed by atoms with Crippen LogP contribution in [0.1, 0.15) is 59.1 Å². The first kappa shape index (κ1) is 34.1. The van der Waals surface area contributed by atoms with Gasteiger partial charge in [0.25, 0.3) is 0 Å². The van der Waals surface area contributed by atoms with Crippen molar-refractivity contribution in [3.05, 3.63) is 54.1 Å². The van der Waals surface area contributed by atoms with Crippen LogP contribution in [0.4, 0.5) is 5.82 Å². The molecule has 46 heavy (non-hydrogen) atoms. The number of aliphatic hydroxyl groups is 1. The summed E-state index contributed by atoms with van der Waals surface area (Å²) in [5, 5.41) is 11.9. The second-order valence-corrected chi connectivity index (χ2v) is 14.3. The van der Waals surface area contributed by atoms with Gasteiger partial charge in [0.1, 0.15) is 29.7 Å². The van der Waals surface area contributed by atoms with Crippen LogP contribution in [0.25, 0.3) is 21.9 Å². The zero-order valence-corrected chi connectivity index (χ0v) is 27.9. The molecule has 0 radical (unpaired) electrons. The van der Waals surface area contributed by atoms with Crippen molar-refractivity contribution in [2.45, 2.75) is 71.3 Å². The number of carbonyl (C=O) groups excluding carboxylic acids is 1. The summed E-state index contributed by atoms with van der Waals surface area (Å²) in [6.45, 7) is 5.92. The van der Waals surface area contributed by atoms with Gasteiger partial charge >= 0.3 is 13.6 Å². The molecule has 0 saturated carbocycles. The SMILES string of the molecule is CCCCCOC(=O)[C@H](CC(C)C)CP(=O)(Oc1cccc2ccccc12)OC1C[C@H](n2cnc3c(N)nc(Cl)nc32)O[C@@H]1CO. The molecule has 0 bridgehead atoms. The molecule has 3 heterocycles. The number of unbranched alkanes of at least 4 members (excludes halogenated alkanes) is 2. The molecule has 2 aromatic carbocycles. The first-order valence-corrected chi connectivity index (χ1v) is 17.7. The predicted octanol–water partition coefficient (Wildman–Crippen LogP) is 6.55. The summed E-state index contributed by atoms with van der Waals surface area (Å²) in [5.41, 5.74) is 6.68. The van der Waals surface area contributed by atoms with Crippen LogP contribution in [0.15, 0.2) is 48.8 Å². The van der Waals surface area contributed by atoms with Gasteiger partial charge in [0.15, 0.2) is 11.5 Å². The van der Waals surface area contributed by atoms with Crippen LogP contribution < -0.4 is 10.3 Å². The molecular formula is C32H41ClN5O7P. The second kappa shape index (κ2) is 15.1. The molecule has 3 N–H and O–H groups in total. The Morgan fingerprint density at radius 2 is 1.98 bits per heavy atom. The van der Waals surface area contributed by atoms with E-state index in [-0.39, 0.29) is 36.2 Å². The molecule has 1 saturated heterocycles. The number of ether oxygens (including phenoxy) is 2. The van der Waals surface area contributed by atoms with E-state index in [1.807, 2.05) is 50.2 Å². The Morgan fingerprint density at radius 3 is 2.74 bits per heavy atom. The number of hydrogen-bond donors (Lipinski definition) is 2. The van der Waals surface area contributed by atoms with Gasteiger partial charge in [-0.3, -0.25) is 13.9 Å². The largest absolute Gasteiger partial charge is 0.465 e. The molecule has 12 nitrogen and oxygen atoms in total. The van der Waals surface area contributed by atoms with E-state index >= 15 is 0 Å². The number of aromatic nitrogens is 4. The second-order valence-electron chi connectivity index (χ2n) is 12.0. The van der Waals surface area contributed by atoms with Gasteiger partial charge in [-0.15, -0.1) is 0 Å². The number of aliphatic hydroxyl groups excluding tert-OH is 1. The summed E-state index contributed by atoms with van der Waals surface area (Å²) in [6, 6.07) is 13.0. The lowest BCUT2D eigenvalue weighted by molar-refractivity contribution is -0.148. The van der Waals surface area contributed by atoms with E-state index in [2.05, 4.69) is 21.9 Å². The van der Waals surface area contributed by atoms with Crippen LogP contribution >= 0.6 is 19.2 Å². The highest BCUT2D eigenvalue weighted by Crippen LogP contribution is 2.55. The number of nitrogens with two attached hydrogens (primary N) is 1. The number of imidazole rings is 1. The van der Waals surface area contributed by atoms with Gasteiger partial charge in [-0.2, -0.15) is 9.97 Å². The number of halogens is 1.